The summed E-state index contributed by atoms with van der Waals surface area (Å²) in [6.07, 6.45) is 3.90. The first-order valence-corrected chi connectivity index (χ1v) is 8.58. The van der Waals surface area contributed by atoms with Crippen LogP contribution in [0.5, 0.6) is 17.2 Å². The fraction of sp³-hybridized carbons (Fsp3) is 0.250. The van der Waals surface area contributed by atoms with Crippen molar-refractivity contribution in [2.45, 2.75) is 6.92 Å². The Labute approximate surface area is 158 Å². The minimum absolute atomic E-state index is 0.0970. The van der Waals surface area contributed by atoms with E-state index in [1.54, 1.807) is 37.4 Å². The summed E-state index contributed by atoms with van der Waals surface area (Å²) in [4.78, 5) is 11.9. The Balaban J connectivity index is 1.73. The highest BCUT2D eigenvalue weighted by Crippen LogP contribution is 2.28. The molecule has 0 heterocycles. The van der Waals surface area contributed by atoms with E-state index < -0.39 is 0 Å². The second kappa shape index (κ2) is 10.4. The molecule has 0 aliphatic heterocycles. The Morgan fingerprint density at radius 3 is 2.58 bits per heavy atom. The van der Waals surface area contributed by atoms with Crippen LogP contribution in [-0.4, -0.2) is 32.8 Å². The van der Waals surface area contributed by atoms with Crippen molar-refractivity contribution in [1.29, 1.82) is 0 Å². The zero-order chi connectivity index (χ0) is 18.8. The Hall–Kier alpha value is -2.66. The van der Waals surface area contributed by atoms with E-state index >= 15 is 0 Å². The van der Waals surface area contributed by atoms with Crippen LogP contribution in [0.2, 0.25) is 5.02 Å². The van der Waals surface area contributed by atoms with Gasteiger partial charge in [-0.3, -0.25) is 4.79 Å². The van der Waals surface area contributed by atoms with Gasteiger partial charge in [-0.05, 0) is 48.9 Å². The van der Waals surface area contributed by atoms with Gasteiger partial charge in [-0.25, -0.2) is 0 Å². The molecule has 2 aromatic rings. The van der Waals surface area contributed by atoms with Crippen LogP contribution in [0.15, 0.2) is 48.5 Å². The molecule has 0 aliphatic carbocycles. The van der Waals surface area contributed by atoms with E-state index in [0.29, 0.717) is 35.4 Å². The first-order chi connectivity index (χ1) is 12.6. The zero-order valence-corrected chi connectivity index (χ0v) is 15.6. The molecule has 0 bridgehead atoms. The molecule has 138 valence electrons. The molecule has 6 heteroatoms. The number of hydrogen-bond donors (Lipinski definition) is 1. The number of carbonyl (C=O) groups is 1. The summed E-state index contributed by atoms with van der Waals surface area (Å²) in [5.74, 6) is 1.57. The third-order valence-corrected chi connectivity index (χ3v) is 3.66. The number of rotatable bonds is 9. The van der Waals surface area contributed by atoms with Gasteiger partial charge in [-0.1, -0.05) is 29.8 Å². The van der Waals surface area contributed by atoms with Crippen LogP contribution in [-0.2, 0) is 4.79 Å². The smallest absolute Gasteiger partial charge is 0.258 e. The van der Waals surface area contributed by atoms with E-state index in [1.165, 1.54) is 0 Å². The van der Waals surface area contributed by atoms with E-state index in [4.69, 9.17) is 25.8 Å². The average molecular weight is 376 g/mol. The van der Waals surface area contributed by atoms with Gasteiger partial charge in [0.15, 0.2) is 18.1 Å². The van der Waals surface area contributed by atoms with Gasteiger partial charge in [0.25, 0.3) is 5.91 Å². The molecule has 0 spiro atoms. The second-order valence-corrected chi connectivity index (χ2v) is 5.79. The minimum atomic E-state index is -0.232. The minimum Gasteiger partial charge on any atom is -0.493 e. The van der Waals surface area contributed by atoms with Crippen molar-refractivity contribution in [2.75, 3.05) is 26.9 Å². The van der Waals surface area contributed by atoms with Crippen LogP contribution in [0.1, 0.15) is 12.5 Å². The number of methoxy groups -OCH3 is 1. The number of allylic oxidation sites excluding steroid dienone is 1. The predicted octanol–water partition coefficient (Wildman–Crippen LogP) is 3.96. The molecule has 5 nitrogen and oxygen atoms in total. The van der Waals surface area contributed by atoms with Crippen LogP contribution < -0.4 is 19.5 Å². The van der Waals surface area contributed by atoms with Gasteiger partial charge in [0, 0.05) is 5.02 Å². The third-order valence-electron chi connectivity index (χ3n) is 3.41. The first kappa shape index (κ1) is 19.7. The van der Waals surface area contributed by atoms with E-state index in [0.717, 1.165) is 5.56 Å². The molecule has 1 N–H and O–H groups in total. The highest BCUT2D eigenvalue weighted by Gasteiger charge is 2.08. The van der Waals surface area contributed by atoms with Crippen molar-refractivity contribution in [3.63, 3.8) is 0 Å². The van der Waals surface area contributed by atoms with Crippen LogP contribution in [0.3, 0.4) is 0 Å². The van der Waals surface area contributed by atoms with Crippen molar-refractivity contribution in [2.24, 2.45) is 0 Å². The Kier molecular flexibility index (Phi) is 7.83. The molecule has 26 heavy (non-hydrogen) atoms. The molecule has 1 amide bonds. The number of hydrogen-bond acceptors (Lipinski definition) is 4. The number of nitrogens with one attached hydrogen (secondary N) is 1. The summed E-state index contributed by atoms with van der Waals surface area (Å²) in [7, 11) is 1.57. The van der Waals surface area contributed by atoms with Crippen molar-refractivity contribution < 1.29 is 19.0 Å². The van der Waals surface area contributed by atoms with Gasteiger partial charge in [-0.2, -0.15) is 0 Å². The topological polar surface area (TPSA) is 56.8 Å². The summed E-state index contributed by atoms with van der Waals surface area (Å²) < 4.78 is 16.3. The lowest BCUT2D eigenvalue weighted by Crippen LogP contribution is -2.32. The molecule has 0 unspecified atom stereocenters. The molecule has 0 aromatic heterocycles. The van der Waals surface area contributed by atoms with Gasteiger partial charge in [0.1, 0.15) is 12.4 Å². The molecule has 2 aromatic carbocycles. The van der Waals surface area contributed by atoms with E-state index in [2.05, 4.69) is 5.32 Å². The lowest BCUT2D eigenvalue weighted by Gasteiger charge is -2.12. The quantitative estimate of drug-likeness (QED) is 0.674. The Morgan fingerprint density at radius 1 is 1.12 bits per heavy atom. The van der Waals surface area contributed by atoms with Gasteiger partial charge in [0.2, 0.25) is 0 Å². The number of benzene rings is 2. The van der Waals surface area contributed by atoms with Gasteiger partial charge in [-0.15, -0.1) is 0 Å². The maximum Gasteiger partial charge on any atom is 0.258 e. The standard InChI is InChI=1S/C20H22ClNO4/c1-3-4-15-5-10-18(19(13-15)24-2)26-14-20(23)22-11-12-25-17-8-6-16(21)7-9-17/h3-10,13H,11-12,14H2,1-2H3,(H,22,23)/b4-3+. The second-order valence-electron chi connectivity index (χ2n) is 5.35. The maximum absolute atomic E-state index is 11.9. The van der Waals surface area contributed by atoms with Crippen LogP contribution in [0, 0.1) is 0 Å². The van der Waals surface area contributed by atoms with Crippen LogP contribution in [0.25, 0.3) is 6.08 Å². The average Bonchev–Trinajstić information content (AvgIpc) is 2.65. The van der Waals surface area contributed by atoms with E-state index in [-0.39, 0.29) is 12.5 Å². The third kappa shape index (κ3) is 6.33. The van der Waals surface area contributed by atoms with Crippen molar-refractivity contribution in [3.8, 4) is 17.2 Å². The molecule has 0 fully saturated rings. The highest BCUT2D eigenvalue weighted by atomic mass is 35.5. The SMILES string of the molecule is C/C=C/c1ccc(OCC(=O)NCCOc2ccc(Cl)cc2)c(OC)c1. The molecular weight excluding hydrogens is 354 g/mol. The summed E-state index contributed by atoms with van der Waals surface area (Å²) >= 11 is 5.81. The van der Waals surface area contributed by atoms with Crippen LogP contribution in [0.4, 0.5) is 0 Å². The molecular formula is C20H22ClNO4. The molecule has 0 aliphatic rings. The lowest BCUT2D eigenvalue weighted by atomic mass is 10.2. The summed E-state index contributed by atoms with van der Waals surface area (Å²) in [6.45, 7) is 2.58. The Morgan fingerprint density at radius 2 is 1.88 bits per heavy atom. The molecule has 0 atom stereocenters. The number of carbonyl (C=O) groups excluding carboxylic acids is 1. The van der Waals surface area contributed by atoms with Crippen molar-refractivity contribution in [1.82, 2.24) is 5.32 Å². The van der Waals surface area contributed by atoms with Crippen molar-refractivity contribution in [3.05, 3.63) is 59.1 Å². The fourth-order valence-corrected chi connectivity index (χ4v) is 2.31. The van der Waals surface area contributed by atoms with Gasteiger partial charge < -0.3 is 19.5 Å². The largest absolute Gasteiger partial charge is 0.493 e. The van der Waals surface area contributed by atoms with Crippen LogP contribution >= 0.6 is 11.6 Å². The van der Waals surface area contributed by atoms with E-state index in [1.807, 2.05) is 31.2 Å². The zero-order valence-electron chi connectivity index (χ0n) is 14.8. The van der Waals surface area contributed by atoms with E-state index in [9.17, 15) is 4.79 Å². The number of amides is 1. The lowest BCUT2D eigenvalue weighted by molar-refractivity contribution is -0.123. The monoisotopic (exact) mass is 375 g/mol. The highest BCUT2D eigenvalue weighted by molar-refractivity contribution is 6.30. The fourth-order valence-electron chi connectivity index (χ4n) is 2.18. The summed E-state index contributed by atoms with van der Waals surface area (Å²) in [6, 6.07) is 12.6. The molecule has 0 saturated heterocycles. The first-order valence-electron chi connectivity index (χ1n) is 8.21. The number of ether oxygens (including phenoxy) is 3. The summed E-state index contributed by atoms with van der Waals surface area (Å²) in [5.41, 5.74) is 1.00. The molecule has 2 rings (SSSR count). The number of halogens is 1. The Bertz CT molecular complexity index is 744. The normalized spacial score (nSPS) is 10.6. The maximum atomic E-state index is 11.9. The van der Waals surface area contributed by atoms with Gasteiger partial charge in [0.05, 0.1) is 13.7 Å². The predicted molar refractivity (Wildman–Crippen MR) is 103 cm³/mol. The summed E-state index contributed by atoms with van der Waals surface area (Å²) in [5, 5.41) is 3.39. The van der Waals surface area contributed by atoms with Gasteiger partial charge >= 0.3 is 0 Å². The molecule has 0 saturated carbocycles. The molecule has 0 radical (unpaired) electrons. The van der Waals surface area contributed by atoms with Crippen molar-refractivity contribution >= 4 is 23.6 Å².